The van der Waals surface area contributed by atoms with Gasteiger partial charge in [0.2, 0.25) is 5.91 Å². The Morgan fingerprint density at radius 3 is 2.57 bits per heavy atom. The van der Waals surface area contributed by atoms with E-state index in [1.807, 2.05) is 6.07 Å². The minimum absolute atomic E-state index is 0.0362. The zero-order valence-corrected chi connectivity index (χ0v) is 13.6. The number of piperidine rings is 2. The monoisotopic (exact) mass is 354 g/mol. The van der Waals surface area contributed by atoms with Crippen LogP contribution in [0, 0.1) is 5.82 Å². The number of nitrogens with zero attached hydrogens (tertiary/aromatic N) is 2. The number of benzene rings is 1. The van der Waals surface area contributed by atoms with Crippen LogP contribution in [0.1, 0.15) is 32.1 Å². The molecule has 1 aromatic rings. The average molecular weight is 355 g/mol. The lowest BCUT2D eigenvalue weighted by molar-refractivity contribution is -0.118. The molecular formula is C16H20BrFN2O. The lowest BCUT2D eigenvalue weighted by Gasteiger charge is -2.32. The number of carbonyl (C=O) groups excluding carboxylic acids is 1. The molecule has 3 nitrogen and oxygen atoms in total. The fourth-order valence-corrected chi connectivity index (χ4v) is 3.70. The fourth-order valence-electron chi connectivity index (χ4n) is 3.13. The number of hydrogen-bond acceptors (Lipinski definition) is 2. The van der Waals surface area contributed by atoms with Gasteiger partial charge in [0, 0.05) is 25.3 Å². The highest BCUT2D eigenvalue weighted by atomic mass is 79.9. The number of alkyl halides is 1. The van der Waals surface area contributed by atoms with Crippen molar-refractivity contribution in [1.82, 2.24) is 0 Å². The number of rotatable bonds is 2. The van der Waals surface area contributed by atoms with Gasteiger partial charge in [0.1, 0.15) is 5.82 Å². The number of carbonyl (C=O) groups is 1. The van der Waals surface area contributed by atoms with E-state index in [1.165, 1.54) is 19.3 Å². The van der Waals surface area contributed by atoms with E-state index >= 15 is 0 Å². The summed E-state index contributed by atoms with van der Waals surface area (Å²) in [5.74, 6) is -0.334. The Bertz CT molecular complexity index is 531. The van der Waals surface area contributed by atoms with Gasteiger partial charge in [0.25, 0.3) is 0 Å². The molecule has 1 unspecified atom stereocenters. The summed E-state index contributed by atoms with van der Waals surface area (Å²) < 4.78 is 14.5. The second-order valence-electron chi connectivity index (χ2n) is 5.78. The maximum absolute atomic E-state index is 14.5. The molecule has 21 heavy (non-hydrogen) atoms. The Kier molecular flexibility index (Phi) is 4.48. The van der Waals surface area contributed by atoms with Crippen molar-refractivity contribution in [1.29, 1.82) is 0 Å². The molecule has 1 amide bonds. The molecule has 1 atom stereocenters. The van der Waals surface area contributed by atoms with Gasteiger partial charge in [0.15, 0.2) is 0 Å². The zero-order valence-electron chi connectivity index (χ0n) is 12.0. The van der Waals surface area contributed by atoms with Crippen LogP contribution < -0.4 is 9.80 Å². The van der Waals surface area contributed by atoms with Gasteiger partial charge in [0.05, 0.1) is 10.5 Å². The highest BCUT2D eigenvalue weighted by Crippen LogP contribution is 2.30. The summed E-state index contributed by atoms with van der Waals surface area (Å²) in [7, 11) is 0. The second-order valence-corrected chi connectivity index (χ2v) is 6.89. The summed E-state index contributed by atoms with van der Waals surface area (Å²) >= 11 is 3.37. The smallest absolute Gasteiger partial charge is 0.240 e. The molecule has 5 heteroatoms. The van der Waals surface area contributed by atoms with E-state index in [4.69, 9.17) is 0 Å². The summed E-state index contributed by atoms with van der Waals surface area (Å²) in [6.45, 7) is 2.58. The van der Waals surface area contributed by atoms with E-state index in [1.54, 1.807) is 17.0 Å². The molecule has 0 aromatic heterocycles. The van der Waals surface area contributed by atoms with Crippen molar-refractivity contribution in [2.75, 3.05) is 29.4 Å². The van der Waals surface area contributed by atoms with Crippen molar-refractivity contribution in [3.63, 3.8) is 0 Å². The van der Waals surface area contributed by atoms with Crippen LogP contribution in [-0.4, -0.2) is 30.4 Å². The van der Waals surface area contributed by atoms with Crippen molar-refractivity contribution < 1.29 is 9.18 Å². The molecule has 2 saturated heterocycles. The summed E-state index contributed by atoms with van der Waals surface area (Å²) in [5.41, 5.74) is 1.33. The lowest BCUT2D eigenvalue weighted by atomic mass is 10.1. The molecule has 2 heterocycles. The van der Waals surface area contributed by atoms with Crippen molar-refractivity contribution in [2.45, 2.75) is 36.9 Å². The van der Waals surface area contributed by atoms with E-state index in [2.05, 4.69) is 20.8 Å². The summed E-state index contributed by atoms with van der Waals surface area (Å²) in [6, 6.07) is 5.27. The first-order valence-electron chi connectivity index (χ1n) is 7.67. The third-order valence-corrected chi connectivity index (χ3v) is 5.17. The van der Waals surface area contributed by atoms with Crippen LogP contribution >= 0.6 is 15.9 Å². The summed E-state index contributed by atoms with van der Waals surface area (Å²) in [5, 5.41) is 0. The summed E-state index contributed by atoms with van der Waals surface area (Å²) in [4.78, 5) is 15.8. The lowest BCUT2D eigenvalue weighted by Crippen LogP contribution is -2.42. The Labute approximate surface area is 133 Å². The predicted octanol–water partition coefficient (Wildman–Crippen LogP) is 3.71. The van der Waals surface area contributed by atoms with Crippen molar-refractivity contribution in [3.05, 3.63) is 24.0 Å². The Morgan fingerprint density at radius 1 is 1.10 bits per heavy atom. The number of amides is 1. The molecule has 114 valence electrons. The quantitative estimate of drug-likeness (QED) is 0.756. The van der Waals surface area contributed by atoms with Crippen LogP contribution in [0.5, 0.6) is 0 Å². The molecule has 2 aliphatic rings. The van der Waals surface area contributed by atoms with E-state index in [9.17, 15) is 9.18 Å². The third-order valence-electron chi connectivity index (χ3n) is 4.32. The van der Waals surface area contributed by atoms with Crippen LogP contribution in [0.25, 0.3) is 0 Å². The Hall–Kier alpha value is -1.10. The minimum Gasteiger partial charge on any atom is -0.371 e. The number of hydrogen-bond donors (Lipinski definition) is 0. The fraction of sp³-hybridized carbons (Fsp3) is 0.562. The molecule has 2 fully saturated rings. The van der Waals surface area contributed by atoms with E-state index < -0.39 is 0 Å². The molecule has 0 aliphatic carbocycles. The van der Waals surface area contributed by atoms with Gasteiger partial charge in [-0.3, -0.25) is 4.79 Å². The molecule has 2 aliphatic heterocycles. The molecule has 0 radical (unpaired) electrons. The third kappa shape index (κ3) is 3.07. The molecule has 3 rings (SSSR count). The van der Waals surface area contributed by atoms with Crippen LogP contribution in [0.4, 0.5) is 15.8 Å². The molecule has 0 N–H and O–H groups in total. The first-order valence-corrected chi connectivity index (χ1v) is 8.58. The van der Waals surface area contributed by atoms with Gasteiger partial charge in [-0.05, 0) is 50.3 Å². The zero-order chi connectivity index (χ0) is 14.8. The molecule has 0 saturated carbocycles. The van der Waals surface area contributed by atoms with Crippen LogP contribution in [0.2, 0.25) is 0 Å². The van der Waals surface area contributed by atoms with Crippen LogP contribution in [0.3, 0.4) is 0 Å². The SMILES string of the molecule is O=C1C(Br)CCCN1c1ccc(N2CCCCC2)cc1F. The molecule has 0 spiro atoms. The van der Waals surface area contributed by atoms with E-state index in [0.717, 1.165) is 31.6 Å². The van der Waals surface area contributed by atoms with Gasteiger partial charge in [-0.2, -0.15) is 0 Å². The van der Waals surface area contributed by atoms with Gasteiger partial charge in [-0.25, -0.2) is 4.39 Å². The molecule has 0 bridgehead atoms. The maximum atomic E-state index is 14.5. The van der Waals surface area contributed by atoms with Crippen LogP contribution in [0.15, 0.2) is 18.2 Å². The highest BCUT2D eigenvalue weighted by molar-refractivity contribution is 9.10. The van der Waals surface area contributed by atoms with Crippen LogP contribution in [-0.2, 0) is 4.79 Å². The van der Waals surface area contributed by atoms with Gasteiger partial charge in [-0.1, -0.05) is 15.9 Å². The van der Waals surface area contributed by atoms with Crippen molar-refractivity contribution in [2.24, 2.45) is 0 Å². The minimum atomic E-state index is -0.298. The molecule has 1 aromatic carbocycles. The van der Waals surface area contributed by atoms with Gasteiger partial charge >= 0.3 is 0 Å². The Balaban J connectivity index is 1.82. The first-order chi connectivity index (χ1) is 10.2. The molecular weight excluding hydrogens is 335 g/mol. The average Bonchev–Trinajstić information content (AvgIpc) is 2.51. The van der Waals surface area contributed by atoms with Gasteiger partial charge < -0.3 is 9.80 Å². The summed E-state index contributed by atoms with van der Waals surface area (Å²) in [6.07, 6.45) is 5.31. The highest BCUT2D eigenvalue weighted by Gasteiger charge is 2.29. The van der Waals surface area contributed by atoms with Gasteiger partial charge in [-0.15, -0.1) is 0 Å². The van der Waals surface area contributed by atoms with Crippen molar-refractivity contribution in [3.8, 4) is 0 Å². The topological polar surface area (TPSA) is 23.6 Å². The van der Waals surface area contributed by atoms with E-state index in [0.29, 0.717) is 12.2 Å². The first kappa shape index (κ1) is 14.8. The van der Waals surface area contributed by atoms with E-state index in [-0.39, 0.29) is 16.6 Å². The Morgan fingerprint density at radius 2 is 1.86 bits per heavy atom. The largest absolute Gasteiger partial charge is 0.371 e. The normalized spacial score (nSPS) is 23.5. The number of halogens is 2. The number of anilines is 2. The second kappa shape index (κ2) is 6.34. The van der Waals surface area contributed by atoms with Crippen molar-refractivity contribution >= 4 is 33.2 Å². The predicted molar refractivity (Wildman–Crippen MR) is 86.8 cm³/mol. The standard InChI is InChI=1S/C16H20BrFN2O/c17-13-5-4-10-20(16(13)21)15-7-6-12(11-14(15)18)19-8-2-1-3-9-19/h6-7,11,13H,1-5,8-10H2. The maximum Gasteiger partial charge on any atom is 0.240 e.